The molecule has 0 radical (unpaired) electrons. The second kappa shape index (κ2) is 4.44. The highest BCUT2D eigenvalue weighted by Crippen LogP contribution is 2.28. The molecule has 1 aromatic rings. The van der Waals surface area contributed by atoms with Crippen molar-refractivity contribution < 1.29 is 9.59 Å². The van der Waals surface area contributed by atoms with Crippen LogP contribution >= 0.6 is 0 Å². The number of benzene rings is 1. The number of nitrogens with one attached hydrogen (secondary N) is 1. The zero-order valence-electron chi connectivity index (χ0n) is 11.0. The molecule has 4 nitrogen and oxygen atoms in total. The van der Waals surface area contributed by atoms with Crippen LogP contribution in [0.2, 0.25) is 0 Å². The molecule has 0 spiro atoms. The third-order valence-electron chi connectivity index (χ3n) is 3.35. The smallest absolute Gasteiger partial charge is 0.319 e. The van der Waals surface area contributed by atoms with Gasteiger partial charge in [-0.3, -0.25) is 9.69 Å². The SMILES string of the molecule is CCCN1C(=O)N[C@@](C)(c2ccc(C)cc2)C1=O. The molecule has 1 aliphatic rings. The van der Waals surface area contributed by atoms with Gasteiger partial charge in [-0.2, -0.15) is 0 Å². The number of nitrogens with zero attached hydrogens (tertiary/aromatic N) is 1. The molecule has 2 rings (SSSR count). The Morgan fingerprint density at radius 1 is 1.22 bits per heavy atom. The van der Waals surface area contributed by atoms with Crippen LogP contribution in [-0.4, -0.2) is 23.4 Å². The maximum atomic E-state index is 12.4. The number of hydrogen-bond donors (Lipinski definition) is 1. The van der Waals surface area contributed by atoms with Crippen LogP contribution in [0.15, 0.2) is 24.3 Å². The Morgan fingerprint density at radius 2 is 1.83 bits per heavy atom. The van der Waals surface area contributed by atoms with Crippen molar-refractivity contribution in [3.8, 4) is 0 Å². The molecule has 1 atom stereocenters. The minimum Gasteiger partial charge on any atom is -0.319 e. The van der Waals surface area contributed by atoms with E-state index in [-0.39, 0.29) is 11.9 Å². The van der Waals surface area contributed by atoms with Crippen molar-refractivity contribution in [1.82, 2.24) is 10.2 Å². The fourth-order valence-electron chi connectivity index (χ4n) is 2.21. The monoisotopic (exact) mass is 246 g/mol. The second-order valence-corrected chi connectivity index (χ2v) is 4.88. The van der Waals surface area contributed by atoms with Gasteiger partial charge in [0.2, 0.25) is 0 Å². The Balaban J connectivity index is 2.35. The van der Waals surface area contributed by atoms with E-state index in [9.17, 15) is 9.59 Å². The minimum atomic E-state index is -0.931. The number of amides is 3. The van der Waals surface area contributed by atoms with Gasteiger partial charge in [0.05, 0.1) is 0 Å². The van der Waals surface area contributed by atoms with Gasteiger partial charge in [0.1, 0.15) is 5.54 Å². The molecule has 1 N–H and O–H groups in total. The largest absolute Gasteiger partial charge is 0.325 e. The number of aryl methyl sites for hydroxylation is 1. The summed E-state index contributed by atoms with van der Waals surface area (Å²) in [7, 11) is 0. The Kier molecular flexibility index (Phi) is 3.11. The van der Waals surface area contributed by atoms with E-state index in [0.717, 1.165) is 17.5 Å². The lowest BCUT2D eigenvalue weighted by Crippen LogP contribution is -2.40. The molecule has 3 amide bonds. The highest BCUT2D eigenvalue weighted by Gasteiger charge is 2.48. The molecule has 1 aromatic carbocycles. The first-order valence-corrected chi connectivity index (χ1v) is 6.20. The van der Waals surface area contributed by atoms with Crippen LogP contribution in [0.1, 0.15) is 31.4 Å². The summed E-state index contributed by atoms with van der Waals surface area (Å²) in [6.07, 6.45) is 0.767. The van der Waals surface area contributed by atoms with E-state index in [2.05, 4.69) is 5.32 Å². The molecule has 0 bridgehead atoms. The van der Waals surface area contributed by atoms with Crippen LogP contribution in [0.3, 0.4) is 0 Å². The predicted octanol–water partition coefficient (Wildman–Crippen LogP) is 2.17. The van der Waals surface area contributed by atoms with Crippen molar-refractivity contribution in [2.75, 3.05) is 6.54 Å². The highest BCUT2D eigenvalue weighted by molar-refractivity contribution is 6.07. The summed E-state index contributed by atoms with van der Waals surface area (Å²) in [6, 6.07) is 7.38. The van der Waals surface area contributed by atoms with Crippen molar-refractivity contribution >= 4 is 11.9 Å². The van der Waals surface area contributed by atoms with Crippen LogP contribution in [0.4, 0.5) is 4.79 Å². The third-order valence-corrected chi connectivity index (χ3v) is 3.35. The van der Waals surface area contributed by atoms with Crippen LogP contribution in [0.25, 0.3) is 0 Å². The van der Waals surface area contributed by atoms with E-state index >= 15 is 0 Å². The van der Waals surface area contributed by atoms with Crippen molar-refractivity contribution in [1.29, 1.82) is 0 Å². The third kappa shape index (κ3) is 1.88. The van der Waals surface area contributed by atoms with Crippen LogP contribution < -0.4 is 5.32 Å². The first kappa shape index (κ1) is 12.6. The molecule has 1 heterocycles. The normalized spacial score (nSPS) is 23.4. The van der Waals surface area contributed by atoms with Gasteiger partial charge in [-0.15, -0.1) is 0 Å². The molecule has 1 aliphatic heterocycles. The standard InChI is InChI=1S/C14H18N2O2/c1-4-9-16-12(17)14(3,15-13(16)18)11-7-5-10(2)6-8-11/h5-8H,4,9H2,1-3H3,(H,15,18)/t14-/m0/s1. The topological polar surface area (TPSA) is 49.4 Å². The molecule has 0 unspecified atom stereocenters. The van der Waals surface area contributed by atoms with E-state index in [1.54, 1.807) is 6.92 Å². The summed E-state index contributed by atoms with van der Waals surface area (Å²) >= 11 is 0. The Hall–Kier alpha value is -1.84. The summed E-state index contributed by atoms with van der Waals surface area (Å²) in [5, 5.41) is 2.79. The van der Waals surface area contributed by atoms with E-state index in [0.29, 0.717) is 6.54 Å². The fourth-order valence-corrected chi connectivity index (χ4v) is 2.21. The maximum absolute atomic E-state index is 12.4. The molecular weight excluding hydrogens is 228 g/mol. The maximum Gasteiger partial charge on any atom is 0.325 e. The number of imide groups is 1. The molecular formula is C14H18N2O2. The van der Waals surface area contributed by atoms with E-state index < -0.39 is 5.54 Å². The van der Waals surface area contributed by atoms with Gasteiger partial charge in [-0.25, -0.2) is 4.79 Å². The lowest BCUT2D eigenvalue weighted by atomic mass is 9.91. The first-order chi connectivity index (χ1) is 8.49. The van der Waals surface area contributed by atoms with Crippen molar-refractivity contribution in [3.63, 3.8) is 0 Å². The highest BCUT2D eigenvalue weighted by atomic mass is 16.2. The van der Waals surface area contributed by atoms with Crippen LogP contribution in [-0.2, 0) is 10.3 Å². The average Bonchev–Trinajstić information content (AvgIpc) is 2.55. The number of carbonyl (C=O) groups excluding carboxylic acids is 2. The quantitative estimate of drug-likeness (QED) is 0.831. The van der Waals surface area contributed by atoms with E-state index in [1.807, 2.05) is 38.1 Å². The Bertz CT molecular complexity index is 481. The predicted molar refractivity (Wildman–Crippen MR) is 69.1 cm³/mol. The van der Waals surface area contributed by atoms with Crippen molar-refractivity contribution in [2.45, 2.75) is 32.7 Å². The summed E-state index contributed by atoms with van der Waals surface area (Å²) in [6.45, 7) is 6.16. The zero-order valence-corrected chi connectivity index (χ0v) is 11.0. The Morgan fingerprint density at radius 3 is 2.39 bits per heavy atom. The minimum absolute atomic E-state index is 0.168. The van der Waals surface area contributed by atoms with Crippen LogP contribution in [0.5, 0.6) is 0 Å². The molecule has 0 saturated carbocycles. The van der Waals surface area contributed by atoms with Gasteiger partial charge in [0.15, 0.2) is 0 Å². The van der Waals surface area contributed by atoms with Gasteiger partial charge in [-0.05, 0) is 25.8 Å². The summed E-state index contributed by atoms with van der Waals surface area (Å²) in [4.78, 5) is 25.5. The van der Waals surface area contributed by atoms with Gasteiger partial charge in [0.25, 0.3) is 5.91 Å². The lowest BCUT2D eigenvalue weighted by Gasteiger charge is -2.22. The molecule has 4 heteroatoms. The van der Waals surface area contributed by atoms with Gasteiger partial charge in [0, 0.05) is 6.54 Å². The average molecular weight is 246 g/mol. The molecule has 96 valence electrons. The molecule has 18 heavy (non-hydrogen) atoms. The first-order valence-electron chi connectivity index (χ1n) is 6.20. The number of carbonyl (C=O) groups is 2. The van der Waals surface area contributed by atoms with Gasteiger partial charge in [-0.1, -0.05) is 36.8 Å². The van der Waals surface area contributed by atoms with E-state index in [1.165, 1.54) is 4.90 Å². The zero-order chi connectivity index (χ0) is 13.3. The van der Waals surface area contributed by atoms with Gasteiger partial charge < -0.3 is 5.32 Å². The fraction of sp³-hybridized carbons (Fsp3) is 0.429. The Labute approximate surface area is 107 Å². The molecule has 0 aliphatic carbocycles. The van der Waals surface area contributed by atoms with E-state index in [4.69, 9.17) is 0 Å². The lowest BCUT2D eigenvalue weighted by molar-refractivity contribution is -0.131. The summed E-state index contributed by atoms with van der Waals surface area (Å²) in [5.41, 5.74) is 1.02. The number of hydrogen-bond acceptors (Lipinski definition) is 2. The number of rotatable bonds is 3. The molecule has 1 saturated heterocycles. The second-order valence-electron chi connectivity index (χ2n) is 4.88. The summed E-state index contributed by atoms with van der Waals surface area (Å²) in [5.74, 6) is -0.168. The number of urea groups is 1. The van der Waals surface area contributed by atoms with Gasteiger partial charge >= 0.3 is 6.03 Å². The van der Waals surface area contributed by atoms with Crippen LogP contribution in [0, 0.1) is 6.92 Å². The van der Waals surface area contributed by atoms with Crippen molar-refractivity contribution in [3.05, 3.63) is 35.4 Å². The molecule has 1 fully saturated rings. The molecule has 0 aromatic heterocycles. The summed E-state index contributed by atoms with van der Waals surface area (Å²) < 4.78 is 0. The van der Waals surface area contributed by atoms with Crippen molar-refractivity contribution in [2.24, 2.45) is 0 Å².